The molecule has 4 aromatic rings. The molecule has 0 saturated heterocycles. The summed E-state index contributed by atoms with van der Waals surface area (Å²) < 4.78 is 12.3. The number of hydrogen-bond acceptors (Lipinski definition) is 6. The minimum atomic E-state index is -0.627. The fraction of sp³-hybridized carbons (Fsp3) is 0.118. The predicted molar refractivity (Wildman–Crippen MR) is 94.4 cm³/mol. The molecule has 0 bridgehead atoms. The first-order valence-electron chi connectivity index (χ1n) is 7.35. The first kappa shape index (κ1) is 15.9. The smallest absolute Gasteiger partial charge is 0.374 e. The van der Waals surface area contributed by atoms with Crippen molar-refractivity contribution < 1.29 is 13.9 Å². The highest BCUT2D eigenvalue weighted by Crippen LogP contribution is 2.31. The van der Waals surface area contributed by atoms with Gasteiger partial charge in [-0.05, 0) is 13.0 Å². The van der Waals surface area contributed by atoms with Crippen LogP contribution in [0.3, 0.4) is 0 Å². The normalized spacial score (nSPS) is 11.3. The Labute approximate surface area is 150 Å². The standard InChI is InChI=1S/C17H11ClN2O4S/c1-9-11-3-2-4-12(18)15(11)24-14(9)16(22)23-8-10-7-13(21)20-5-6-25-17(20)19-10/h2-7H,8H2,1H3. The van der Waals surface area contributed by atoms with Gasteiger partial charge in [-0.15, -0.1) is 11.3 Å². The number of rotatable bonds is 3. The van der Waals surface area contributed by atoms with Crippen LogP contribution in [0.15, 0.2) is 45.1 Å². The molecule has 25 heavy (non-hydrogen) atoms. The van der Waals surface area contributed by atoms with Crippen molar-refractivity contribution >= 4 is 44.8 Å². The summed E-state index contributed by atoms with van der Waals surface area (Å²) in [6.07, 6.45) is 1.65. The van der Waals surface area contributed by atoms with Gasteiger partial charge in [0.05, 0.1) is 10.7 Å². The van der Waals surface area contributed by atoms with Crippen LogP contribution < -0.4 is 5.56 Å². The van der Waals surface area contributed by atoms with Crippen LogP contribution >= 0.6 is 22.9 Å². The maximum absolute atomic E-state index is 12.4. The molecule has 0 spiro atoms. The van der Waals surface area contributed by atoms with Gasteiger partial charge in [0, 0.05) is 28.6 Å². The van der Waals surface area contributed by atoms with Crippen LogP contribution in [0.1, 0.15) is 21.8 Å². The van der Waals surface area contributed by atoms with Crippen molar-refractivity contribution in [3.05, 3.63) is 68.2 Å². The fourth-order valence-corrected chi connectivity index (χ4v) is 3.52. The molecule has 8 heteroatoms. The molecule has 0 radical (unpaired) electrons. The molecule has 3 heterocycles. The Hall–Kier alpha value is -2.64. The van der Waals surface area contributed by atoms with Crippen LogP contribution in [0, 0.1) is 6.92 Å². The molecule has 6 nitrogen and oxygen atoms in total. The number of hydrogen-bond donors (Lipinski definition) is 0. The second-order valence-electron chi connectivity index (χ2n) is 5.39. The monoisotopic (exact) mass is 374 g/mol. The lowest BCUT2D eigenvalue weighted by Crippen LogP contribution is -2.14. The van der Waals surface area contributed by atoms with Crippen molar-refractivity contribution in [2.75, 3.05) is 0 Å². The average Bonchev–Trinajstić information content (AvgIpc) is 3.19. The Morgan fingerprint density at radius 1 is 1.44 bits per heavy atom. The maximum atomic E-state index is 12.4. The second-order valence-corrected chi connectivity index (χ2v) is 6.67. The quantitative estimate of drug-likeness (QED) is 0.509. The zero-order chi connectivity index (χ0) is 17.6. The molecule has 0 N–H and O–H groups in total. The van der Waals surface area contributed by atoms with Crippen molar-refractivity contribution in [3.8, 4) is 0 Å². The molecule has 1 aromatic carbocycles. The summed E-state index contributed by atoms with van der Waals surface area (Å²) in [7, 11) is 0. The molecule has 4 rings (SSSR count). The van der Waals surface area contributed by atoms with E-state index in [1.54, 1.807) is 30.6 Å². The maximum Gasteiger partial charge on any atom is 0.374 e. The third kappa shape index (κ3) is 2.71. The molecule has 0 aliphatic carbocycles. The number of para-hydroxylation sites is 1. The Morgan fingerprint density at radius 2 is 2.28 bits per heavy atom. The van der Waals surface area contributed by atoms with Crippen LogP contribution in [-0.4, -0.2) is 15.4 Å². The summed E-state index contributed by atoms with van der Waals surface area (Å²) in [5, 5.41) is 2.95. The van der Waals surface area contributed by atoms with Gasteiger partial charge in [0.1, 0.15) is 6.61 Å². The second kappa shape index (κ2) is 6.02. The van der Waals surface area contributed by atoms with Gasteiger partial charge >= 0.3 is 5.97 Å². The van der Waals surface area contributed by atoms with E-state index in [9.17, 15) is 9.59 Å². The summed E-state index contributed by atoms with van der Waals surface area (Å²) in [6, 6.07) is 6.64. The Kier molecular flexibility index (Phi) is 3.82. The minimum Gasteiger partial charge on any atom is -0.453 e. The average molecular weight is 375 g/mol. The summed E-state index contributed by atoms with van der Waals surface area (Å²) in [5.41, 5.74) is 1.27. The lowest BCUT2D eigenvalue weighted by molar-refractivity contribution is 0.0432. The largest absolute Gasteiger partial charge is 0.453 e. The number of halogens is 1. The Morgan fingerprint density at radius 3 is 3.08 bits per heavy atom. The highest BCUT2D eigenvalue weighted by molar-refractivity contribution is 7.15. The predicted octanol–water partition coefficient (Wildman–Crippen LogP) is 3.82. The number of carbonyl (C=O) groups is 1. The molecule has 0 unspecified atom stereocenters. The summed E-state index contributed by atoms with van der Waals surface area (Å²) in [4.78, 5) is 29.1. The van der Waals surface area contributed by atoms with E-state index >= 15 is 0 Å². The van der Waals surface area contributed by atoms with E-state index < -0.39 is 5.97 Å². The molecule has 0 aliphatic heterocycles. The zero-order valence-electron chi connectivity index (χ0n) is 13.0. The van der Waals surface area contributed by atoms with Crippen molar-refractivity contribution in [1.29, 1.82) is 0 Å². The lowest BCUT2D eigenvalue weighted by atomic mass is 10.1. The fourth-order valence-electron chi connectivity index (χ4n) is 2.57. The van der Waals surface area contributed by atoms with Crippen LogP contribution in [0.4, 0.5) is 0 Å². The molecular formula is C17H11ClN2O4S. The molecule has 0 atom stereocenters. The molecule has 3 aromatic heterocycles. The highest BCUT2D eigenvalue weighted by atomic mass is 35.5. The molecular weight excluding hydrogens is 364 g/mol. The topological polar surface area (TPSA) is 73.8 Å². The van der Waals surface area contributed by atoms with Crippen LogP contribution in [0.5, 0.6) is 0 Å². The lowest BCUT2D eigenvalue weighted by Gasteiger charge is -2.03. The minimum absolute atomic E-state index is 0.0945. The van der Waals surface area contributed by atoms with Crippen LogP contribution in [0.25, 0.3) is 15.9 Å². The first-order valence-corrected chi connectivity index (χ1v) is 8.61. The van der Waals surface area contributed by atoms with E-state index in [2.05, 4.69) is 4.98 Å². The first-order chi connectivity index (χ1) is 12.0. The van der Waals surface area contributed by atoms with E-state index in [0.717, 1.165) is 5.39 Å². The van der Waals surface area contributed by atoms with Crippen LogP contribution in [-0.2, 0) is 11.3 Å². The number of fused-ring (bicyclic) bond motifs is 2. The van der Waals surface area contributed by atoms with Crippen molar-refractivity contribution in [2.45, 2.75) is 13.5 Å². The zero-order valence-corrected chi connectivity index (χ0v) is 14.6. The van der Waals surface area contributed by atoms with Gasteiger partial charge in [0.2, 0.25) is 5.76 Å². The van der Waals surface area contributed by atoms with Crippen LogP contribution in [0.2, 0.25) is 5.02 Å². The number of furan rings is 1. The van der Waals surface area contributed by atoms with Gasteiger partial charge in [-0.3, -0.25) is 9.20 Å². The van der Waals surface area contributed by atoms with Gasteiger partial charge in [-0.1, -0.05) is 23.7 Å². The molecule has 0 fully saturated rings. The third-order valence-corrected chi connectivity index (χ3v) is 4.86. The molecule has 0 saturated carbocycles. The SMILES string of the molecule is Cc1c(C(=O)OCc2cc(=O)n3ccsc3n2)oc2c(Cl)cccc12. The molecule has 0 amide bonds. The molecule has 0 aliphatic rings. The van der Waals surface area contributed by atoms with Crippen molar-refractivity contribution in [1.82, 2.24) is 9.38 Å². The van der Waals surface area contributed by atoms with E-state index in [1.807, 2.05) is 6.07 Å². The summed E-state index contributed by atoms with van der Waals surface area (Å²) in [5.74, 6) is -0.532. The summed E-state index contributed by atoms with van der Waals surface area (Å²) >= 11 is 7.42. The van der Waals surface area contributed by atoms with Gasteiger partial charge < -0.3 is 9.15 Å². The van der Waals surface area contributed by atoms with E-state index in [0.29, 0.717) is 26.8 Å². The summed E-state index contributed by atoms with van der Waals surface area (Å²) in [6.45, 7) is 1.65. The highest BCUT2D eigenvalue weighted by Gasteiger charge is 2.20. The number of esters is 1. The van der Waals surface area contributed by atoms with Gasteiger partial charge in [0.25, 0.3) is 5.56 Å². The van der Waals surface area contributed by atoms with E-state index in [1.165, 1.54) is 21.8 Å². The Bertz CT molecular complexity index is 1170. The number of aryl methyl sites for hydroxylation is 1. The van der Waals surface area contributed by atoms with Gasteiger partial charge in [-0.25, -0.2) is 9.78 Å². The van der Waals surface area contributed by atoms with E-state index in [-0.39, 0.29) is 17.9 Å². The van der Waals surface area contributed by atoms with Crippen molar-refractivity contribution in [3.63, 3.8) is 0 Å². The van der Waals surface area contributed by atoms with E-state index in [4.69, 9.17) is 20.8 Å². The van der Waals surface area contributed by atoms with Gasteiger partial charge in [-0.2, -0.15) is 0 Å². The van der Waals surface area contributed by atoms with Gasteiger partial charge in [0.15, 0.2) is 10.5 Å². The number of aromatic nitrogens is 2. The Balaban J connectivity index is 1.60. The number of benzene rings is 1. The number of ether oxygens (including phenoxy) is 1. The third-order valence-electron chi connectivity index (χ3n) is 3.81. The number of carbonyl (C=O) groups excluding carboxylic acids is 1. The van der Waals surface area contributed by atoms with Crippen molar-refractivity contribution in [2.24, 2.45) is 0 Å². The molecule has 126 valence electrons. The number of nitrogens with zero attached hydrogens (tertiary/aromatic N) is 2. The number of thiazole rings is 1.